The highest BCUT2D eigenvalue weighted by Crippen LogP contribution is 2.14. The van der Waals surface area contributed by atoms with Gasteiger partial charge in [-0.2, -0.15) is 10.2 Å². The van der Waals surface area contributed by atoms with E-state index in [9.17, 15) is 0 Å². The van der Waals surface area contributed by atoms with Crippen LogP contribution in [0.15, 0.2) is 18.5 Å². The van der Waals surface area contributed by atoms with Crippen molar-refractivity contribution < 1.29 is 0 Å². The van der Waals surface area contributed by atoms with E-state index in [0.717, 1.165) is 18.8 Å². The first kappa shape index (κ1) is 16.7. The van der Waals surface area contributed by atoms with E-state index in [1.54, 1.807) is 0 Å². The molecule has 2 aromatic heterocycles. The van der Waals surface area contributed by atoms with Gasteiger partial charge in [0.25, 0.3) is 0 Å². The summed E-state index contributed by atoms with van der Waals surface area (Å²) >= 11 is 0. The third-order valence-electron chi connectivity index (χ3n) is 4.01. The number of rotatable bonds is 7. The number of aromatic nitrogens is 4. The van der Waals surface area contributed by atoms with Crippen molar-refractivity contribution in [3.63, 3.8) is 0 Å². The molecule has 0 saturated heterocycles. The second-order valence-corrected chi connectivity index (χ2v) is 6.69. The van der Waals surface area contributed by atoms with Gasteiger partial charge in [-0.05, 0) is 46.6 Å². The number of hydrogen-bond donors (Lipinski definition) is 1. The number of nitrogens with zero attached hydrogens (tertiary/aromatic N) is 4. The topological polar surface area (TPSA) is 47.7 Å². The first-order valence-electron chi connectivity index (χ1n) is 8.15. The van der Waals surface area contributed by atoms with Crippen LogP contribution in [-0.4, -0.2) is 26.1 Å². The lowest BCUT2D eigenvalue weighted by molar-refractivity contribution is 0.398. The molecule has 0 radical (unpaired) electrons. The van der Waals surface area contributed by atoms with Crippen molar-refractivity contribution in [1.82, 2.24) is 24.9 Å². The van der Waals surface area contributed by atoms with Crippen molar-refractivity contribution in [3.8, 4) is 0 Å². The monoisotopic (exact) mass is 303 g/mol. The standard InChI is InChI=1S/C17H29N5/c1-12(2)21-11-17(9-19-21)16(6)18-8-13(3)10-22-15(5)7-14(4)20-22/h7,9,11-13,16,18H,8,10H2,1-6H3/t13-,16+/m0/s1. The highest BCUT2D eigenvalue weighted by Gasteiger charge is 2.12. The van der Waals surface area contributed by atoms with Crippen molar-refractivity contribution in [3.05, 3.63) is 35.4 Å². The Bertz CT molecular complexity index is 596. The van der Waals surface area contributed by atoms with E-state index in [1.165, 1.54) is 11.3 Å². The molecule has 2 heterocycles. The molecule has 5 heteroatoms. The summed E-state index contributed by atoms with van der Waals surface area (Å²) in [4.78, 5) is 0. The lowest BCUT2D eigenvalue weighted by atomic mass is 10.1. The van der Waals surface area contributed by atoms with E-state index < -0.39 is 0 Å². The second-order valence-electron chi connectivity index (χ2n) is 6.69. The molecule has 0 fully saturated rings. The molecule has 0 aliphatic heterocycles. The van der Waals surface area contributed by atoms with Gasteiger partial charge >= 0.3 is 0 Å². The fourth-order valence-corrected chi connectivity index (χ4v) is 2.57. The van der Waals surface area contributed by atoms with Crippen LogP contribution < -0.4 is 5.32 Å². The Morgan fingerprint density at radius 3 is 2.45 bits per heavy atom. The van der Waals surface area contributed by atoms with E-state index in [1.807, 2.05) is 17.8 Å². The van der Waals surface area contributed by atoms with Crippen molar-refractivity contribution in [2.24, 2.45) is 5.92 Å². The molecule has 2 aromatic rings. The predicted molar refractivity (Wildman–Crippen MR) is 89.9 cm³/mol. The molecule has 0 saturated carbocycles. The first-order chi connectivity index (χ1) is 10.4. The van der Waals surface area contributed by atoms with Gasteiger partial charge in [0.1, 0.15) is 0 Å². The summed E-state index contributed by atoms with van der Waals surface area (Å²) in [6.45, 7) is 14.8. The number of aryl methyl sites for hydroxylation is 2. The molecule has 122 valence electrons. The van der Waals surface area contributed by atoms with Crippen LogP contribution in [0.2, 0.25) is 0 Å². The summed E-state index contributed by atoms with van der Waals surface area (Å²) in [5, 5.41) is 12.5. The molecule has 0 aliphatic carbocycles. The molecule has 0 spiro atoms. The van der Waals surface area contributed by atoms with Crippen molar-refractivity contribution in [1.29, 1.82) is 0 Å². The molecular formula is C17H29N5. The van der Waals surface area contributed by atoms with Crippen LogP contribution in [0.3, 0.4) is 0 Å². The molecule has 0 amide bonds. The molecule has 0 unspecified atom stereocenters. The minimum atomic E-state index is 0.315. The lowest BCUT2D eigenvalue weighted by Gasteiger charge is -2.17. The Hall–Kier alpha value is -1.62. The Morgan fingerprint density at radius 1 is 1.18 bits per heavy atom. The van der Waals surface area contributed by atoms with Crippen molar-refractivity contribution in [2.75, 3.05) is 6.54 Å². The van der Waals surface area contributed by atoms with Gasteiger partial charge in [0.2, 0.25) is 0 Å². The molecule has 1 N–H and O–H groups in total. The lowest BCUT2D eigenvalue weighted by Crippen LogP contribution is -2.27. The molecule has 2 rings (SSSR count). The van der Waals surface area contributed by atoms with Gasteiger partial charge in [-0.15, -0.1) is 0 Å². The average Bonchev–Trinajstić information content (AvgIpc) is 3.04. The zero-order chi connectivity index (χ0) is 16.3. The molecule has 0 aromatic carbocycles. The summed E-state index contributed by atoms with van der Waals surface area (Å²) in [7, 11) is 0. The van der Waals surface area contributed by atoms with Crippen LogP contribution in [0.5, 0.6) is 0 Å². The summed E-state index contributed by atoms with van der Waals surface area (Å²) in [6.07, 6.45) is 4.09. The smallest absolute Gasteiger partial charge is 0.0596 e. The zero-order valence-electron chi connectivity index (χ0n) is 14.7. The van der Waals surface area contributed by atoms with E-state index >= 15 is 0 Å². The van der Waals surface area contributed by atoms with Crippen LogP contribution >= 0.6 is 0 Å². The van der Waals surface area contributed by atoms with Gasteiger partial charge < -0.3 is 5.32 Å². The Kier molecular flexibility index (Phi) is 5.40. The van der Waals surface area contributed by atoms with Gasteiger partial charge in [-0.25, -0.2) is 0 Å². The second kappa shape index (κ2) is 7.09. The Balaban J connectivity index is 1.84. The Labute approximate surface area is 133 Å². The highest BCUT2D eigenvalue weighted by atomic mass is 15.3. The van der Waals surface area contributed by atoms with Crippen LogP contribution in [0.25, 0.3) is 0 Å². The summed E-state index contributed by atoms with van der Waals surface area (Å²) in [6, 6.07) is 2.85. The van der Waals surface area contributed by atoms with Crippen LogP contribution in [0.4, 0.5) is 0 Å². The van der Waals surface area contributed by atoms with Crippen LogP contribution in [0, 0.1) is 19.8 Å². The Morgan fingerprint density at radius 2 is 1.91 bits per heavy atom. The van der Waals surface area contributed by atoms with Crippen molar-refractivity contribution >= 4 is 0 Å². The summed E-state index contributed by atoms with van der Waals surface area (Å²) < 4.78 is 4.11. The predicted octanol–water partition coefficient (Wildman–Crippen LogP) is 3.26. The van der Waals surface area contributed by atoms with E-state index in [-0.39, 0.29) is 0 Å². The summed E-state index contributed by atoms with van der Waals surface area (Å²) in [5.74, 6) is 0.528. The van der Waals surface area contributed by atoms with Gasteiger partial charge in [-0.3, -0.25) is 9.36 Å². The number of hydrogen-bond acceptors (Lipinski definition) is 3. The minimum absolute atomic E-state index is 0.315. The molecule has 0 aliphatic rings. The van der Waals surface area contributed by atoms with E-state index in [4.69, 9.17) is 0 Å². The van der Waals surface area contributed by atoms with E-state index in [2.05, 4.69) is 67.1 Å². The van der Waals surface area contributed by atoms with E-state index in [0.29, 0.717) is 18.0 Å². The molecule has 0 bridgehead atoms. The largest absolute Gasteiger partial charge is 0.310 e. The fourth-order valence-electron chi connectivity index (χ4n) is 2.57. The third kappa shape index (κ3) is 4.19. The normalized spacial score (nSPS) is 14.5. The van der Waals surface area contributed by atoms with Gasteiger partial charge in [0.05, 0.1) is 11.9 Å². The molecule has 22 heavy (non-hydrogen) atoms. The van der Waals surface area contributed by atoms with Crippen molar-refractivity contribution in [2.45, 2.75) is 60.2 Å². The maximum atomic E-state index is 4.53. The quantitative estimate of drug-likeness (QED) is 0.854. The summed E-state index contributed by atoms with van der Waals surface area (Å²) in [5.41, 5.74) is 3.56. The fraction of sp³-hybridized carbons (Fsp3) is 0.647. The van der Waals surface area contributed by atoms with Crippen LogP contribution in [-0.2, 0) is 6.54 Å². The van der Waals surface area contributed by atoms with Gasteiger partial charge in [-0.1, -0.05) is 6.92 Å². The van der Waals surface area contributed by atoms with Gasteiger partial charge in [0.15, 0.2) is 0 Å². The number of nitrogens with one attached hydrogen (secondary N) is 1. The molecule has 5 nitrogen and oxygen atoms in total. The maximum Gasteiger partial charge on any atom is 0.0596 e. The first-order valence-corrected chi connectivity index (χ1v) is 8.15. The van der Waals surface area contributed by atoms with Gasteiger partial charge in [0, 0.05) is 42.6 Å². The average molecular weight is 303 g/mol. The SMILES string of the molecule is Cc1cc(C)n(C[C@@H](C)CN[C@H](C)c2cnn(C(C)C)c2)n1. The zero-order valence-corrected chi connectivity index (χ0v) is 14.7. The minimum Gasteiger partial charge on any atom is -0.310 e. The highest BCUT2D eigenvalue weighted by molar-refractivity contribution is 5.09. The maximum absolute atomic E-state index is 4.53. The molecular weight excluding hydrogens is 274 g/mol. The third-order valence-corrected chi connectivity index (χ3v) is 4.01. The molecule has 2 atom stereocenters. The van der Waals surface area contributed by atoms with Crippen LogP contribution in [0.1, 0.15) is 56.7 Å².